The van der Waals surface area contributed by atoms with Crippen molar-refractivity contribution in [3.8, 4) is 0 Å². The fourth-order valence-electron chi connectivity index (χ4n) is 3.82. The number of hydrogen-bond donors (Lipinski definition) is 3. The molecule has 192 valence electrons. The number of benzene rings is 3. The van der Waals surface area contributed by atoms with Gasteiger partial charge in [0.25, 0.3) is 0 Å². The first kappa shape index (κ1) is 27.5. The van der Waals surface area contributed by atoms with Crippen LogP contribution in [0.3, 0.4) is 0 Å². The molecular weight excluding hydrogens is 458 g/mol. The second-order valence-corrected chi connectivity index (χ2v) is 8.62. The molecule has 0 radical (unpaired) electrons. The van der Waals surface area contributed by atoms with E-state index in [-0.39, 0.29) is 26.3 Å². The van der Waals surface area contributed by atoms with Gasteiger partial charge in [-0.3, -0.25) is 4.79 Å². The minimum absolute atomic E-state index is 0.205. The highest BCUT2D eigenvalue weighted by molar-refractivity contribution is 5.68. The van der Waals surface area contributed by atoms with E-state index < -0.39 is 30.4 Å². The van der Waals surface area contributed by atoms with Crippen LogP contribution in [-0.4, -0.2) is 53.7 Å². The fraction of sp³-hybridized carbons (Fsp3) is 0.345. The normalized spacial score (nSPS) is 14.6. The summed E-state index contributed by atoms with van der Waals surface area (Å²) in [6, 6.07) is 29.1. The number of ether oxygens (including phenoxy) is 3. The summed E-state index contributed by atoms with van der Waals surface area (Å²) < 4.78 is 18.8. The van der Waals surface area contributed by atoms with E-state index in [9.17, 15) is 9.90 Å². The first-order valence-corrected chi connectivity index (χ1v) is 12.1. The summed E-state index contributed by atoms with van der Waals surface area (Å²) in [6.07, 6.45) is -2.86. The zero-order chi connectivity index (χ0) is 25.6. The highest BCUT2D eigenvalue weighted by Gasteiger charge is 2.35. The summed E-state index contributed by atoms with van der Waals surface area (Å²) in [6.45, 7) is 2.52. The lowest BCUT2D eigenvalue weighted by atomic mass is 10.0. The van der Waals surface area contributed by atoms with Crippen LogP contribution in [0.2, 0.25) is 0 Å². The number of nitrogens with one attached hydrogen (secondary N) is 1. The molecule has 0 fully saturated rings. The van der Waals surface area contributed by atoms with Crippen LogP contribution in [-0.2, 0) is 38.8 Å². The van der Waals surface area contributed by atoms with Crippen molar-refractivity contribution in [1.82, 2.24) is 5.32 Å². The van der Waals surface area contributed by atoms with Crippen LogP contribution in [0, 0.1) is 0 Å². The molecule has 0 spiro atoms. The van der Waals surface area contributed by atoms with E-state index in [4.69, 9.17) is 19.3 Å². The molecule has 7 nitrogen and oxygen atoms in total. The second kappa shape index (κ2) is 15.1. The molecule has 0 aliphatic heterocycles. The maximum absolute atomic E-state index is 11.1. The lowest BCUT2D eigenvalue weighted by Gasteiger charge is -2.35. The predicted octanol–water partition coefficient (Wildman–Crippen LogP) is 3.80. The highest BCUT2D eigenvalue weighted by Crippen LogP contribution is 2.21. The van der Waals surface area contributed by atoms with E-state index in [1.54, 1.807) is 6.92 Å². The van der Waals surface area contributed by atoms with E-state index in [1.807, 2.05) is 91.0 Å². The lowest BCUT2D eigenvalue weighted by Crippen LogP contribution is -2.51. The van der Waals surface area contributed by atoms with Crippen LogP contribution < -0.4 is 5.32 Å². The lowest BCUT2D eigenvalue weighted by molar-refractivity contribution is -0.175. The molecule has 3 aromatic rings. The van der Waals surface area contributed by atoms with Crippen molar-refractivity contribution in [2.24, 2.45) is 0 Å². The summed E-state index contributed by atoms with van der Waals surface area (Å²) in [5.41, 5.74) is 2.91. The number of hydrogen-bond acceptors (Lipinski definition) is 6. The number of carbonyl (C=O) groups is 1. The van der Waals surface area contributed by atoms with Gasteiger partial charge in [0.1, 0.15) is 12.2 Å². The number of aliphatic carboxylic acids is 1. The molecule has 4 unspecified atom stereocenters. The number of rotatable bonds is 16. The monoisotopic (exact) mass is 493 g/mol. The molecule has 0 amide bonds. The van der Waals surface area contributed by atoms with Gasteiger partial charge in [-0.05, 0) is 23.6 Å². The third-order valence-electron chi connectivity index (χ3n) is 5.66. The van der Waals surface area contributed by atoms with Crippen molar-refractivity contribution >= 4 is 5.97 Å². The Bertz CT molecular complexity index is 1000. The second-order valence-electron chi connectivity index (χ2n) is 8.62. The van der Waals surface area contributed by atoms with Crippen LogP contribution in [0.25, 0.3) is 0 Å². The summed E-state index contributed by atoms with van der Waals surface area (Å²) >= 11 is 0. The maximum Gasteiger partial charge on any atom is 0.317 e. The molecule has 3 N–H and O–H groups in total. The first-order chi connectivity index (χ1) is 17.5. The van der Waals surface area contributed by atoms with Crippen molar-refractivity contribution in [3.63, 3.8) is 0 Å². The number of carboxylic acids is 1. The molecule has 3 aromatic carbocycles. The first-order valence-electron chi connectivity index (χ1n) is 12.1. The van der Waals surface area contributed by atoms with E-state index in [0.29, 0.717) is 6.61 Å². The largest absolute Gasteiger partial charge is 0.480 e. The molecule has 36 heavy (non-hydrogen) atoms. The predicted molar refractivity (Wildman–Crippen MR) is 137 cm³/mol. The standard InChI is InChI=1S/C29H35NO6/c1-22(31)28(35-20-24-13-7-3-8-14-24)29(36-21-25-15-9-4-10-16-25)26(17-30-18-27(32)33)34-19-23-11-5-2-6-12-23/h2-16,22,26,28-31H,17-21H2,1H3,(H,32,33). The van der Waals surface area contributed by atoms with Crippen molar-refractivity contribution < 1.29 is 29.2 Å². The SMILES string of the molecule is CC(O)C(OCc1ccccc1)C(OCc1ccccc1)C(CNCC(=O)O)OCc1ccccc1. The van der Waals surface area contributed by atoms with Gasteiger partial charge < -0.3 is 29.7 Å². The molecule has 0 aliphatic carbocycles. The van der Waals surface area contributed by atoms with Gasteiger partial charge in [-0.15, -0.1) is 0 Å². The average Bonchev–Trinajstić information content (AvgIpc) is 2.89. The molecule has 0 aromatic heterocycles. The Morgan fingerprint density at radius 2 is 1.14 bits per heavy atom. The molecule has 7 heteroatoms. The molecule has 0 saturated heterocycles. The fourth-order valence-corrected chi connectivity index (χ4v) is 3.82. The molecular formula is C29H35NO6. The zero-order valence-electron chi connectivity index (χ0n) is 20.5. The van der Waals surface area contributed by atoms with Crippen molar-refractivity contribution in [2.45, 2.75) is 51.2 Å². The molecule has 3 rings (SSSR count). The number of carboxylic acid groups (broad SMARTS) is 1. The summed E-state index contributed by atoms with van der Waals surface area (Å²) in [4.78, 5) is 11.1. The minimum atomic E-state index is -0.967. The Morgan fingerprint density at radius 1 is 0.722 bits per heavy atom. The van der Waals surface area contributed by atoms with Crippen LogP contribution >= 0.6 is 0 Å². The van der Waals surface area contributed by atoms with Crippen LogP contribution in [0.15, 0.2) is 91.0 Å². The van der Waals surface area contributed by atoms with Gasteiger partial charge in [0.2, 0.25) is 0 Å². The Labute approximate surface area is 212 Å². The molecule has 0 saturated carbocycles. The summed E-state index contributed by atoms with van der Waals surface area (Å²) in [7, 11) is 0. The minimum Gasteiger partial charge on any atom is -0.480 e. The van der Waals surface area contributed by atoms with E-state index in [0.717, 1.165) is 16.7 Å². The van der Waals surface area contributed by atoms with E-state index in [2.05, 4.69) is 5.32 Å². The van der Waals surface area contributed by atoms with Crippen molar-refractivity contribution in [3.05, 3.63) is 108 Å². The van der Waals surface area contributed by atoms with Crippen molar-refractivity contribution in [1.29, 1.82) is 0 Å². The Balaban J connectivity index is 1.82. The van der Waals surface area contributed by atoms with E-state index >= 15 is 0 Å². The van der Waals surface area contributed by atoms with Gasteiger partial charge >= 0.3 is 5.97 Å². The van der Waals surface area contributed by atoms with Gasteiger partial charge in [-0.2, -0.15) is 0 Å². The third-order valence-corrected chi connectivity index (χ3v) is 5.66. The zero-order valence-corrected chi connectivity index (χ0v) is 20.5. The van der Waals surface area contributed by atoms with Gasteiger partial charge in [-0.25, -0.2) is 0 Å². The molecule has 0 bridgehead atoms. The van der Waals surface area contributed by atoms with Gasteiger partial charge in [0.05, 0.1) is 38.6 Å². The number of aliphatic hydroxyl groups is 1. The topological polar surface area (TPSA) is 97.2 Å². The summed E-state index contributed by atoms with van der Waals surface area (Å²) in [5.74, 6) is -0.967. The van der Waals surface area contributed by atoms with Gasteiger partial charge in [0.15, 0.2) is 0 Å². The Hall–Kier alpha value is -3.07. The molecule has 0 aliphatic rings. The average molecular weight is 494 g/mol. The Kier molecular flexibility index (Phi) is 11.6. The highest BCUT2D eigenvalue weighted by atomic mass is 16.6. The maximum atomic E-state index is 11.1. The number of aliphatic hydroxyl groups excluding tert-OH is 1. The molecule has 0 heterocycles. The van der Waals surface area contributed by atoms with Gasteiger partial charge in [0, 0.05) is 6.54 Å². The van der Waals surface area contributed by atoms with Gasteiger partial charge in [-0.1, -0.05) is 91.0 Å². The third kappa shape index (κ3) is 9.53. The summed E-state index contributed by atoms with van der Waals surface area (Å²) in [5, 5.41) is 22.8. The smallest absolute Gasteiger partial charge is 0.317 e. The van der Waals surface area contributed by atoms with E-state index in [1.165, 1.54) is 0 Å². The quantitative estimate of drug-likeness (QED) is 0.279. The van der Waals surface area contributed by atoms with Crippen LogP contribution in [0.1, 0.15) is 23.6 Å². The Morgan fingerprint density at radius 3 is 1.56 bits per heavy atom. The van der Waals surface area contributed by atoms with Crippen LogP contribution in [0.5, 0.6) is 0 Å². The molecule has 4 atom stereocenters. The van der Waals surface area contributed by atoms with Crippen molar-refractivity contribution in [2.75, 3.05) is 13.1 Å². The van der Waals surface area contributed by atoms with Crippen LogP contribution in [0.4, 0.5) is 0 Å².